The van der Waals surface area contributed by atoms with Crippen molar-refractivity contribution in [1.82, 2.24) is 9.80 Å². The summed E-state index contributed by atoms with van der Waals surface area (Å²) >= 11 is 0. The van der Waals surface area contributed by atoms with Crippen LogP contribution in [-0.2, 0) is 4.79 Å². The molecule has 0 aromatic heterocycles. The standard InChI is InChI=1S/C23H23N3O5/c1-25-22(28)16-6-5-15(12-17(16)23(25)29)24-21(27)13-26-8-2-3-18(26)14-4-7-19-20(11-14)31-10-9-30-19/h4-7,11-12,18H,2-3,8-10,13H2,1H3,(H,24,27). The van der Waals surface area contributed by atoms with Gasteiger partial charge in [0, 0.05) is 18.8 Å². The SMILES string of the molecule is CN1C(=O)c2ccc(NC(=O)CN3CCCC3c3ccc4c(c3)OCCO4)cc2C1=O. The van der Waals surface area contributed by atoms with E-state index in [9.17, 15) is 14.4 Å². The lowest BCUT2D eigenvalue weighted by Crippen LogP contribution is -2.33. The number of ether oxygens (including phenoxy) is 2. The number of likely N-dealkylation sites (tertiary alicyclic amines) is 1. The highest BCUT2D eigenvalue weighted by Crippen LogP contribution is 2.38. The zero-order valence-corrected chi connectivity index (χ0v) is 17.2. The molecule has 160 valence electrons. The number of carbonyl (C=O) groups excluding carboxylic acids is 3. The first-order valence-electron chi connectivity index (χ1n) is 10.4. The third-order valence-corrected chi connectivity index (χ3v) is 6.03. The third-order valence-electron chi connectivity index (χ3n) is 6.03. The molecule has 0 bridgehead atoms. The number of rotatable bonds is 4. The van der Waals surface area contributed by atoms with Crippen LogP contribution in [0.5, 0.6) is 11.5 Å². The molecule has 2 aromatic rings. The predicted octanol–water partition coefficient (Wildman–Crippen LogP) is 2.46. The number of hydrogen-bond acceptors (Lipinski definition) is 6. The highest BCUT2D eigenvalue weighted by molar-refractivity contribution is 6.21. The van der Waals surface area contributed by atoms with Crippen LogP contribution in [0.25, 0.3) is 0 Å². The molecule has 0 aliphatic carbocycles. The van der Waals surface area contributed by atoms with E-state index < -0.39 is 0 Å². The second-order valence-corrected chi connectivity index (χ2v) is 8.01. The van der Waals surface area contributed by atoms with Crippen molar-refractivity contribution in [3.05, 3.63) is 53.1 Å². The van der Waals surface area contributed by atoms with Gasteiger partial charge < -0.3 is 14.8 Å². The highest BCUT2D eigenvalue weighted by Gasteiger charge is 2.33. The quantitative estimate of drug-likeness (QED) is 0.763. The zero-order valence-electron chi connectivity index (χ0n) is 17.2. The number of carbonyl (C=O) groups is 3. The Morgan fingerprint density at radius 3 is 2.65 bits per heavy atom. The van der Waals surface area contributed by atoms with Crippen LogP contribution in [-0.4, -0.2) is 60.9 Å². The Hall–Kier alpha value is -3.39. The molecule has 2 aromatic carbocycles. The molecular formula is C23H23N3O5. The molecule has 0 spiro atoms. The summed E-state index contributed by atoms with van der Waals surface area (Å²) in [5.74, 6) is 0.677. The maximum Gasteiger partial charge on any atom is 0.261 e. The van der Waals surface area contributed by atoms with Crippen molar-refractivity contribution in [3.8, 4) is 11.5 Å². The van der Waals surface area contributed by atoms with Gasteiger partial charge in [-0.25, -0.2) is 0 Å². The van der Waals surface area contributed by atoms with E-state index in [0.29, 0.717) is 30.0 Å². The Balaban J connectivity index is 1.27. The molecule has 3 aliphatic heterocycles. The third kappa shape index (κ3) is 3.53. The summed E-state index contributed by atoms with van der Waals surface area (Å²) in [7, 11) is 1.45. The number of benzene rings is 2. The Bertz CT molecular complexity index is 1080. The predicted molar refractivity (Wildman–Crippen MR) is 112 cm³/mol. The Labute approximate surface area is 179 Å². The van der Waals surface area contributed by atoms with Crippen LogP contribution < -0.4 is 14.8 Å². The Kier molecular flexibility index (Phi) is 4.86. The minimum absolute atomic E-state index is 0.134. The fourth-order valence-electron chi connectivity index (χ4n) is 4.48. The lowest BCUT2D eigenvalue weighted by atomic mass is 10.0. The van der Waals surface area contributed by atoms with Gasteiger partial charge >= 0.3 is 0 Å². The lowest BCUT2D eigenvalue weighted by Gasteiger charge is -2.26. The molecule has 0 saturated carbocycles. The van der Waals surface area contributed by atoms with E-state index in [1.165, 1.54) is 7.05 Å². The number of amides is 3. The molecule has 1 fully saturated rings. The van der Waals surface area contributed by atoms with Crippen LogP contribution in [0.15, 0.2) is 36.4 Å². The van der Waals surface area contributed by atoms with Gasteiger partial charge in [-0.3, -0.25) is 24.2 Å². The van der Waals surface area contributed by atoms with Crippen LogP contribution in [0.1, 0.15) is 45.2 Å². The topological polar surface area (TPSA) is 88.2 Å². The first-order chi connectivity index (χ1) is 15.0. The number of anilines is 1. The molecule has 5 rings (SSSR count). The van der Waals surface area contributed by atoms with E-state index in [4.69, 9.17) is 9.47 Å². The summed E-state index contributed by atoms with van der Waals surface area (Å²) in [6, 6.07) is 10.9. The molecule has 1 saturated heterocycles. The molecule has 1 atom stereocenters. The number of nitrogens with zero attached hydrogens (tertiary/aromatic N) is 2. The summed E-state index contributed by atoms with van der Waals surface area (Å²) in [6.45, 7) is 2.16. The van der Waals surface area contributed by atoms with Crippen molar-refractivity contribution in [1.29, 1.82) is 0 Å². The van der Waals surface area contributed by atoms with Gasteiger partial charge in [0.1, 0.15) is 13.2 Å². The fraction of sp³-hybridized carbons (Fsp3) is 0.348. The summed E-state index contributed by atoms with van der Waals surface area (Å²) in [4.78, 5) is 40.2. The van der Waals surface area contributed by atoms with Crippen LogP contribution in [0.4, 0.5) is 5.69 Å². The van der Waals surface area contributed by atoms with Crippen LogP contribution >= 0.6 is 0 Å². The average Bonchev–Trinajstić information content (AvgIpc) is 3.32. The smallest absolute Gasteiger partial charge is 0.261 e. The normalized spacial score (nSPS) is 20.2. The van der Waals surface area contributed by atoms with Gasteiger partial charge in [0.25, 0.3) is 11.8 Å². The van der Waals surface area contributed by atoms with Crippen LogP contribution in [0.2, 0.25) is 0 Å². The van der Waals surface area contributed by atoms with E-state index >= 15 is 0 Å². The van der Waals surface area contributed by atoms with E-state index in [1.54, 1.807) is 18.2 Å². The molecule has 8 nitrogen and oxygen atoms in total. The van der Waals surface area contributed by atoms with E-state index in [-0.39, 0.29) is 30.3 Å². The van der Waals surface area contributed by atoms with Gasteiger partial charge in [0.2, 0.25) is 5.91 Å². The maximum absolute atomic E-state index is 12.7. The number of fused-ring (bicyclic) bond motifs is 2. The molecule has 1 unspecified atom stereocenters. The van der Waals surface area contributed by atoms with Gasteiger partial charge in [0.05, 0.1) is 17.7 Å². The summed E-state index contributed by atoms with van der Waals surface area (Å²) in [5.41, 5.74) is 2.30. The number of nitrogens with one attached hydrogen (secondary N) is 1. The van der Waals surface area contributed by atoms with Crippen molar-refractivity contribution in [2.75, 3.05) is 38.7 Å². The highest BCUT2D eigenvalue weighted by atomic mass is 16.6. The maximum atomic E-state index is 12.7. The molecular weight excluding hydrogens is 398 g/mol. The van der Waals surface area contributed by atoms with Crippen LogP contribution in [0, 0.1) is 0 Å². The number of hydrogen-bond donors (Lipinski definition) is 1. The Morgan fingerprint density at radius 1 is 1.03 bits per heavy atom. The summed E-state index contributed by atoms with van der Waals surface area (Å²) in [6.07, 6.45) is 1.98. The number of imide groups is 1. The van der Waals surface area contributed by atoms with Crippen molar-refractivity contribution in [2.45, 2.75) is 18.9 Å². The minimum Gasteiger partial charge on any atom is -0.486 e. The monoisotopic (exact) mass is 421 g/mol. The molecule has 31 heavy (non-hydrogen) atoms. The van der Waals surface area contributed by atoms with E-state index in [2.05, 4.69) is 10.2 Å². The van der Waals surface area contributed by atoms with Crippen LogP contribution in [0.3, 0.4) is 0 Å². The molecule has 3 heterocycles. The van der Waals surface area contributed by atoms with Gasteiger partial charge in [0.15, 0.2) is 11.5 Å². The molecule has 8 heteroatoms. The Morgan fingerprint density at radius 2 is 1.81 bits per heavy atom. The molecule has 3 amide bonds. The molecule has 0 radical (unpaired) electrons. The van der Waals surface area contributed by atoms with E-state index in [0.717, 1.165) is 41.3 Å². The fourth-order valence-corrected chi connectivity index (χ4v) is 4.48. The van der Waals surface area contributed by atoms with Crippen molar-refractivity contribution >= 4 is 23.4 Å². The van der Waals surface area contributed by atoms with E-state index in [1.807, 2.05) is 18.2 Å². The molecule has 3 aliphatic rings. The summed E-state index contributed by atoms with van der Waals surface area (Å²) < 4.78 is 11.3. The van der Waals surface area contributed by atoms with Gasteiger partial charge in [-0.05, 0) is 55.3 Å². The average molecular weight is 421 g/mol. The van der Waals surface area contributed by atoms with Crippen molar-refractivity contribution < 1.29 is 23.9 Å². The second-order valence-electron chi connectivity index (χ2n) is 8.01. The first kappa shape index (κ1) is 19.6. The van der Waals surface area contributed by atoms with Gasteiger partial charge in [-0.1, -0.05) is 6.07 Å². The second kappa shape index (κ2) is 7.70. The van der Waals surface area contributed by atoms with Gasteiger partial charge in [-0.2, -0.15) is 0 Å². The largest absolute Gasteiger partial charge is 0.486 e. The summed E-state index contributed by atoms with van der Waals surface area (Å²) in [5, 5.41) is 2.86. The zero-order chi connectivity index (χ0) is 21.5. The van der Waals surface area contributed by atoms with Crippen molar-refractivity contribution in [3.63, 3.8) is 0 Å². The van der Waals surface area contributed by atoms with Gasteiger partial charge in [-0.15, -0.1) is 0 Å². The first-order valence-corrected chi connectivity index (χ1v) is 10.4. The molecule has 1 N–H and O–H groups in total. The van der Waals surface area contributed by atoms with Crippen molar-refractivity contribution in [2.24, 2.45) is 0 Å². The lowest BCUT2D eigenvalue weighted by molar-refractivity contribution is -0.117. The minimum atomic E-state index is -0.352.